The van der Waals surface area contributed by atoms with Crippen LogP contribution in [-0.4, -0.2) is 11.3 Å². The molecule has 0 heterocycles. The summed E-state index contributed by atoms with van der Waals surface area (Å²) in [6.07, 6.45) is 0.634. The first-order valence-corrected chi connectivity index (χ1v) is 9.15. The van der Waals surface area contributed by atoms with Crippen LogP contribution in [0.2, 0.25) is 0 Å². The number of hydrogen-bond acceptors (Lipinski definition) is 1. The van der Waals surface area contributed by atoms with Gasteiger partial charge in [-0.15, -0.1) is 11.6 Å². The topological polar surface area (TPSA) is 17.1 Å². The van der Waals surface area contributed by atoms with E-state index in [4.69, 9.17) is 11.6 Å². The molecule has 0 fully saturated rings. The highest BCUT2D eigenvalue weighted by molar-refractivity contribution is 7.73. The molecule has 1 aromatic rings. The molecule has 0 N–H and O–H groups in total. The van der Waals surface area contributed by atoms with E-state index in [0.29, 0.717) is 6.16 Å². The van der Waals surface area contributed by atoms with Crippen LogP contribution in [0.3, 0.4) is 0 Å². The van der Waals surface area contributed by atoms with Gasteiger partial charge < -0.3 is 4.57 Å². The van der Waals surface area contributed by atoms with Gasteiger partial charge in [-0.25, -0.2) is 0 Å². The smallest absolute Gasteiger partial charge is 0.133 e. The average molecular weight is 301 g/mol. The number of alkyl halides is 1. The van der Waals surface area contributed by atoms with Crippen LogP contribution in [0, 0.1) is 10.8 Å². The molecular weight excluding hydrogens is 275 g/mol. The standard InChI is InChI=1S/C16H26ClOP/c1-15(2,3)12-19(18,14(17)16(4,5)6)13-10-8-7-9-11-13/h7-11,14H,12H2,1-6H3. The van der Waals surface area contributed by atoms with Gasteiger partial charge in [0.2, 0.25) is 0 Å². The molecule has 1 aromatic carbocycles. The van der Waals surface area contributed by atoms with Gasteiger partial charge in [-0.2, -0.15) is 0 Å². The Kier molecular flexibility index (Phi) is 4.97. The SMILES string of the molecule is CC(C)(C)CP(=O)(c1ccccc1)C(Cl)C(C)(C)C. The van der Waals surface area contributed by atoms with Crippen molar-refractivity contribution in [3.8, 4) is 0 Å². The molecule has 0 amide bonds. The highest BCUT2D eigenvalue weighted by Crippen LogP contribution is 2.60. The van der Waals surface area contributed by atoms with E-state index in [1.54, 1.807) is 0 Å². The molecule has 0 aliphatic carbocycles. The first-order chi connectivity index (χ1) is 8.47. The fourth-order valence-electron chi connectivity index (χ4n) is 2.31. The van der Waals surface area contributed by atoms with Gasteiger partial charge in [0.15, 0.2) is 0 Å². The van der Waals surface area contributed by atoms with Crippen molar-refractivity contribution >= 4 is 24.0 Å². The summed E-state index contributed by atoms with van der Waals surface area (Å²) in [5, 5.41) is 0.557. The quantitative estimate of drug-likeness (QED) is 0.544. The van der Waals surface area contributed by atoms with Crippen LogP contribution >= 0.6 is 18.7 Å². The van der Waals surface area contributed by atoms with Crippen molar-refractivity contribution in [1.82, 2.24) is 0 Å². The van der Waals surface area contributed by atoms with Gasteiger partial charge in [-0.05, 0) is 10.8 Å². The molecular formula is C16H26ClOP. The Bertz CT molecular complexity index is 454. The molecule has 0 radical (unpaired) electrons. The van der Waals surface area contributed by atoms with E-state index >= 15 is 0 Å². The molecule has 1 nitrogen and oxygen atoms in total. The molecule has 0 spiro atoms. The van der Waals surface area contributed by atoms with Crippen molar-refractivity contribution < 1.29 is 4.57 Å². The molecule has 1 rings (SSSR count). The largest absolute Gasteiger partial charge is 0.317 e. The van der Waals surface area contributed by atoms with Gasteiger partial charge in [0, 0.05) is 11.5 Å². The minimum atomic E-state index is -2.64. The Morgan fingerprint density at radius 3 is 1.89 bits per heavy atom. The van der Waals surface area contributed by atoms with E-state index < -0.39 is 7.14 Å². The van der Waals surface area contributed by atoms with E-state index in [2.05, 4.69) is 41.5 Å². The van der Waals surface area contributed by atoms with Gasteiger partial charge >= 0.3 is 0 Å². The number of halogens is 1. The van der Waals surface area contributed by atoms with E-state index in [9.17, 15) is 4.57 Å². The monoisotopic (exact) mass is 300 g/mol. The molecule has 19 heavy (non-hydrogen) atoms. The Morgan fingerprint density at radius 2 is 1.53 bits per heavy atom. The van der Waals surface area contributed by atoms with Gasteiger partial charge in [0.25, 0.3) is 0 Å². The van der Waals surface area contributed by atoms with Crippen LogP contribution in [0.4, 0.5) is 0 Å². The predicted molar refractivity (Wildman–Crippen MR) is 87.1 cm³/mol. The molecule has 0 bridgehead atoms. The maximum atomic E-state index is 13.6. The van der Waals surface area contributed by atoms with Crippen LogP contribution in [0.25, 0.3) is 0 Å². The summed E-state index contributed by atoms with van der Waals surface area (Å²) in [6.45, 7) is 12.5. The molecule has 3 heteroatoms. The fraction of sp³-hybridized carbons (Fsp3) is 0.625. The lowest BCUT2D eigenvalue weighted by Gasteiger charge is -2.36. The second kappa shape index (κ2) is 5.62. The second-order valence-corrected chi connectivity index (χ2v) is 11.2. The van der Waals surface area contributed by atoms with E-state index in [1.807, 2.05) is 30.3 Å². The molecule has 2 atom stereocenters. The predicted octanol–water partition coefficient (Wildman–Crippen LogP) is 5.33. The van der Waals surface area contributed by atoms with Crippen LogP contribution < -0.4 is 5.30 Å². The zero-order valence-corrected chi connectivity index (χ0v) is 14.6. The summed E-state index contributed by atoms with van der Waals surface area (Å²) in [5.74, 6) is 0. The fourth-order valence-corrected chi connectivity index (χ4v) is 6.80. The summed E-state index contributed by atoms with van der Waals surface area (Å²) < 4.78 is 13.6. The normalized spacial score (nSPS) is 17.8. The van der Waals surface area contributed by atoms with Crippen LogP contribution in [0.5, 0.6) is 0 Å². The Hall–Kier alpha value is -0.260. The lowest BCUT2D eigenvalue weighted by atomic mass is 10.00. The van der Waals surface area contributed by atoms with Crippen LogP contribution in [0.1, 0.15) is 41.5 Å². The molecule has 0 aliphatic heterocycles. The minimum absolute atomic E-state index is 0.0102. The number of benzene rings is 1. The summed E-state index contributed by atoms with van der Waals surface area (Å²) in [5.41, 5.74) is -0.193. The Labute approximate surface area is 123 Å². The molecule has 0 aromatic heterocycles. The third kappa shape index (κ3) is 4.36. The number of hydrogen-bond donors (Lipinski definition) is 0. The summed E-state index contributed by atoms with van der Waals surface area (Å²) in [4.78, 5) is 0. The third-order valence-electron chi connectivity index (χ3n) is 2.98. The van der Waals surface area contributed by atoms with Gasteiger partial charge in [0.1, 0.15) is 7.14 Å². The van der Waals surface area contributed by atoms with Crippen molar-refractivity contribution in [3.05, 3.63) is 30.3 Å². The number of rotatable bonds is 3. The first kappa shape index (κ1) is 16.8. The maximum absolute atomic E-state index is 13.6. The van der Waals surface area contributed by atoms with E-state index in [0.717, 1.165) is 5.30 Å². The van der Waals surface area contributed by atoms with Crippen molar-refractivity contribution in [2.75, 3.05) is 6.16 Å². The molecule has 0 aliphatic rings. The van der Waals surface area contributed by atoms with Crippen molar-refractivity contribution in [2.24, 2.45) is 10.8 Å². The van der Waals surface area contributed by atoms with E-state index in [1.165, 1.54) is 0 Å². The highest BCUT2D eigenvalue weighted by Gasteiger charge is 2.42. The van der Waals surface area contributed by atoms with Gasteiger partial charge in [0.05, 0.1) is 5.12 Å². The van der Waals surface area contributed by atoms with Crippen molar-refractivity contribution in [2.45, 2.75) is 46.7 Å². The molecule has 108 valence electrons. The first-order valence-electron chi connectivity index (χ1n) is 6.75. The van der Waals surface area contributed by atoms with Crippen LogP contribution in [-0.2, 0) is 4.57 Å². The highest BCUT2D eigenvalue weighted by atomic mass is 35.5. The van der Waals surface area contributed by atoms with Gasteiger partial charge in [-0.3, -0.25) is 0 Å². The molecule has 2 unspecified atom stereocenters. The van der Waals surface area contributed by atoms with E-state index in [-0.39, 0.29) is 15.9 Å². The molecule has 0 saturated carbocycles. The minimum Gasteiger partial charge on any atom is -0.317 e. The summed E-state index contributed by atoms with van der Waals surface area (Å²) >= 11 is 6.64. The molecule has 0 saturated heterocycles. The van der Waals surface area contributed by atoms with Crippen molar-refractivity contribution in [1.29, 1.82) is 0 Å². The maximum Gasteiger partial charge on any atom is 0.133 e. The van der Waals surface area contributed by atoms with Crippen molar-refractivity contribution in [3.63, 3.8) is 0 Å². The Morgan fingerprint density at radius 1 is 1.05 bits per heavy atom. The summed E-state index contributed by atoms with van der Waals surface area (Å²) in [7, 11) is -2.64. The lowest BCUT2D eigenvalue weighted by Crippen LogP contribution is -2.30. The summed E-state index contributed by atoms with van der Waals surface area (Å²) in [6, 6.07) is 9.74. The zero-order valence-electron chi connectivity index (χ0n) is 12.9. The second-order valence-electron chi connectivity index (χ2n) is 7.55. The van der Waals surface area contributed by atoms with Gasteiger partial charge in [-0.1, -0.05) is 71.9 Å². The zero-order chi connectivity index (χ0) is 14.9. The lowest BCUT2D eigenvalue weighted by molar-refractivity contribution is 0.422. The average Bonchev–Trinajstić information content (AvgIpc) is 2.25. The Balaban J connectivity index is 3.31. The third-order valence-corrected chi connectivity index (χ3v) is 8.68. The van der Waals surface area contributed by atoms with Crippen LogP contribution in [0.15, 0.2) is 30.3 Å².